The molecule has 6 heteroatoms. The van der Waals surface area contributed by atoms with E-state index in [2.05, 4.69) is 0 Å². The van der Waals surface area contributed by atoms with Crippen molar-refractivity contribution in [3.8, 4) is 0 Å². The van der Waals surface area contributed by atoms with Gasteiger partial charge in [-0.3, -0.25) is 4.79 Å². The molecule has 1 saturated heterocycles. The summed E-state index contributed by atoms with van der Waals surface area (Å²) in [6.45, 7) is 2.31. The Morgan fingerprint density at radius 2 is 2.12 bits per heavy atom. The smallest absolute Gasteiger partial charge is 0.311 e. The molecule has 0 aromatic carbocycles. The second-order valence-corrected chi connectivity index (χ2v) is 7.26. The maximum absolute atomic E-state index is 12.0. The monoisotopic (exact) mass is 261 g/mol. The third kappa shape index (κ3) is 2.47. The second-order valence-electron chi connectivity index (χ2n) is 5.24. The summed E-state index contributed by atoms with van der Waals surface area (Å²) in [5.74, 6) is -0.363. The van der Waals surface area contributed by atoms with Crippen molar-refractivity contribution < 1.29 is 18.3 Å². The molecule has 98 valence electrons. The molecule has 2 fully saturated rings. The van der Waals surface area contributed by atoms with Crippen molar-refractivity contribution in [2.75, 3.05) is 18.8 Å². The zero-order valence-corrected chi connectivity index (χ0v) is 10.9. The van der Waals surface area contributed by atoms with Gasteiger partial charge in [0.1, 0.15) is 0 Å². The lowest BCUT2D eigenvalue weighted by molar-refractivity contribution is -0.148. The number of aliphatic carboxylic acids is 1. The number of nitrogens with zero attached hydrogens (tertiary/aromatic N) is 1. The van der Waals surface area contributed by atoms with Gasteiger partial charge in [0.05, 0.1) is 11.2 Å². The Hall–Kier alpha value is -0.620. The molecule has 1 heterocycles. The molecule has 0 spiro atoms. The highest BCUT2D eigenvalue weighted by Crippen LogP contribution is 2.37. The lowest BCUT2D eigenvalue weighted by Gasteiger charge is -2.22. The van der Waals surface area contributed by atoms with Crippen LogP contribution in [0.4, 0.5) is 0 Å². The molecule has 1 saturated carbocycles. The molecule has 1 N–H and O–H groups in total. The van der Waals surface area contributed by atoms with E-state index in [4.69, 9.17) is 0 Å². The maximum atomic E-state index is 12.0. The minimum absolute atomic E-state index is 0.147. The topological polar surface area (TPSA) is 74.7 Å². The van der Waals surface area contributed by atoms with E-state index < -0.39 is 21.4 Å². The Balaban J connectivity index is 2.08. The van der Waals surface area contributed by atoms with Gasteiger partial charge in [-0.05, 0) is 31.6 Å². The van der Waals surface area contributed by atoms with Crippen molar-refractivity contribution in [1.82, 2.24) is 4.31 Å². The minimum Gasteiger partial charge on any atom is -0.481 e. The van der Waals surface area contributed by atoms with Crippen LogP contribution in [0.5, 0.6) is 0 Å². The van der Waals surface area contributed by atoms with Gasteiger partial charge in [-0.25, -0.2) is 12.7 Å². The first kappa shape index (κ1) is 12.8. The standard InChI is InChI=1S/C11H19NO4S/c1-2-11(10(13)14)5-6-12(8-11)17(15,16)7-9-3-4-9/h9H,2-8H2,1H3,(H,13,14). The van der Waals surface area contributed by atoms with Crippen LogP contribution in [0, 0.1) is 11.3 Å². The summed E-state index contributed by atoms with van der Waals surface area (Å²) in [5, 5.41) is 9.22. The molecular weight excluding hydrogens is 242 g/mol. The van der Waals surface area contributed by atoms with E-state index in [0.29, 0.717) is 25.3 Å². The molecule has 0 bridgehead atoms. The van der Waals surface area contributed by atoms with Crippen LogP contribution in [0.25, 0.3) is 0 Å². The van der Waals surface area contributed by atoms with Crippen LogP contribution in [0.15, 0.2) is 0 Å². The molecule has 0 radical (unpaired) electrons. The van der Waals surface area contributed by atoms with Crippen LogP contribution < -0.4 is 0 Å². The molecule has 1 aliphatic carbocycles. The Bertz CT molecular complexity index is 415. The number of carbonyl (C=O) groups is 1. The van der Waals surface area contributed by atoms with E-state index in [1.807, 2.05) is 6.92 Å². The average Bonchev–Trinajstić information content (AvgIpc) is 2.93. The largest absolute Gasteiger partial charge is 0.481 e. The SMILES string of the molecule is CCC1(C(=O)O)CCN(S(=O)(=O)CC2CC2)C1. The first-order valence-corrected chi connectivity index (χ1v) is 7.72. The number of rotatable bonds is 5. The highest BCUT2D eigenvalue weighted by molar-refractivity contribution is 7.89. The first-order chi connectivity index (χ1) is 7.89. The van der Waals surface area contributed by atoms with Gasteiger partial charge in [-0.15, -0.1) is 0 Å². The second kappa shape index (κ2) is 4.24. The highest BCUT2D eigenvalue weighted by atomic mass is 32.2. The number of carboxylic acid groups (broad SMARTS) is 1. The first-order valence-electron chi connectivity index (χ1n) is 6.11. The maximum Gasteiger partial charge on any atom is 0.311 e. The number of sulfonamides is 1. The summed E-state index contributed by atoms with van der Waals surface area (Å²) in [6.07, 6.45) is 2.90. The quantitative estimate of drug-likeness (QED) is 0.798. The zero-order valence-electron chi connectivity index (χ0n) is 10.1. The third-order valence-corrected chi connectivity index (χ3v) is 5.98. The van der Waals surface area contributed by atoms with Crippen molar-refractivity contribution in [3.63, 3.8) is 0 Å². The van der Waals surface area contributed by atoms with Crippen molar-refractivity contribution in [1.29, 1.82) is 0 Å². The Labute approximate surface area is 102 Å². The Morgan fingerprint density at radius 1 is 1.47 bits per heavy atom. The van der Waals surface area contributed by atoms with Crippen molar-refractivity contribution in [3.05, 3.63) is 0 Å². The van der Waals surface area contributed by atoms with E-state index in [-0.39, 0.29) is 12.3 Å². The van der Waals surface area contributed by atoms with Crippen LogP contribution in [-0.4, -0.2) is 42.6 Å². The lowest BCUT2D eigenvalue weighted by Crippen LogP contribution is -2.37. The van der Waals surface area contributed by atoms with Crippen LogP contribution in [0.2, 0.25) is 0 Å². The van der Waals surface area contributed by atoms with E-state index in [1.165, 1.54) is 4.31 Å². The van der Waals surface area contributed by atoms with E-state index in [9.17, 15) is 18.3 Å². The summed E-state index contributed by atoms with van der Waals surface area (Å²) in [6, 6.07) is 0. The Kier molecular flexibility index (Phi) is 3.20. The number of hydrogen-bond donors (Lipinski definition) is 1. The van der Waals surface area contributed by atoms with Crippen molar-refractivity contribution in [2.45, 2.75) is 32.6 Å². The number of carboxylic acids is 1. The van der Waals surface area contributed by atoms with Crippen LogP contribution in [-0.2, 0) is 14.8 Å². The predicted molar refractivity (Wildman–Crippen MR) is 63.1 cm³/mol. The number of hydrogen-bond acceptors (Lipinski definition) is 3. The molecule has 1 unspecified atom stereocenters. The molecule has 5 nitrogen and oxygen atoms in total. The zero-order chi connectivity index (χ0) is 12.7. The minimum atomic E-state index is -3.24. The average molecular weight is 261 g/mol. The summed E-state index contributed by atoms with van der Waals surface area (Å²) in [4.78, 5) is 11.2. The van der Waals surface area contributed by atoms with Gasteiger partial charge in [-0.2, -0.15) is 0 Å². The van der Waals surface area contributed by atoms with Gasteiger partial charge in [0.15, 0.2) is 0 Å². The molecule has 2 aliphatic rings. The van der Waals surface area contributed by atoms with Crippen molar-refractivity contribution >= 4 is 16.0 Å². The van der Waals surface area contributed by atoms with Gasteiger partial charge in [0, 0.05) is 13.1 Å². The fraction of sp³-hybridized carbons (Fsp3) is 0.909. The molecule has 1 aliphatic heterocycles. The molecule has 1 atom stereocenters. The van der Waals surface area contributed by atoms with E-state index in [0.717, 1.165) is 12.8 Å². The van der Waals surface area contributed by atoms with Gasteiger partial charge in [-0.1, -0.05) is 6.92 Å². The van der Waals surface area contributed by atoms with Gasteiger partial charge in [0.2, 0.25) is 10.0 Å². The lowest BCUT2D eigenvalue weighted by atomic mass is 9.85. The molecule has 0 amide bonds. The van der Waals surface area contributed by atoms with Gasteiger partial charge >= 0.3 is 5.97 Å². The van der Waals surface area contributed by atoms with E-state index >= 15 is 0 Å². The van der Waals surface area contributed by atoms with Gasteiger partial charge in [0.25, 0.3) is 0 Å². The summed E-state index contributed by atoms with van der Waals surface area (Å²) < 4.78 is 25.5. The summed E-state index contributed by atoms with van der Waals surface area (Å²) in [7, 11) is -3.24. The van der Waals surface area contributed by atoms with Crippen LogP contribution in [0.3, 0.4) is 0 Å². The van der Waals surface area contributed by atoms with Crippen molar-refractivity contribution in [2.24, 2.45) is 11.3 Å². The molecule has 0 aromatic rings. The molecule has 2 rings (SSSR count). The van der Waals surface area contributed by atoms with Crippen LogP contribution in [0.1, 0.15) is 32.6 Å². The molecule has 0 aromatic heterocycles. The fourth-order valence-corrected chi connectivity index (χ4v) is 4.33. The highest BCUT2D eigenvalue weighted by Gasteiger charge is 2.47. The van der Waals surface area contributed by atoms with Crippen LogP contribution >= 0.6 is 0 Å². The fourth-order valence-electron chi connectivity index (χ4n) is 2.37. The third-order valence-electron chi connectivity index (χ3n) is 3.99. The predicted octanol–water partition coefficient (Wildman–Crippen LogP) is 0.913. The molecule has 17 heavy (non-hydrogen) atoms. The Morgan fingerprint density at radius 3 is 2.53 bits per heavy atom. The van der Waals surface area contributed by atoms with Gasteiger partial charge < -0.3 is 5.11 Å². The van der Waals surface area contributed by atoms with E-state index in [1.54, 1.807) is 0 Å². The summed E-state index contributed by atoms with van der Waals surface area (Å²) in [5.41, 5.74) is -0.864. The summed E-state index contributed by atoms with van der Waals surface area (Å²) >= 11 is 0. The normalized spacial score (nSPS) is 30.6. The molecular formula is C11H19NO4S.